The van der Waals surface area contributed by atoms with E-state index in [1.807, 2.05) is 0 Å². The number of nitrogens with zero attached hydrogens (tertiary/aromatic N) is 1. The molecule has 0 aliphatic rings. The highest BCUT2D eigenvalue weighted by molar-refractivity contribution is 7.12. The van der Waals surface area contributed by atoms with Gasteiger partial charge in [-0.15, -0.1) is 11.3 Å². The molecular formula is C15H13FN2O3S. The van der Waals surface area contributed by atoms with Crippen molar-refractivity contribution < 1.29 is 18.8 Å². The Hall–Kier alpha value is -2.54. The molecule has 0 radical (unpaired) electrons. The minimum atomic E-state index is -0.829. The van der Waals surface area contributed by atoms with Crippen molar-refractivity contribution in [3.63, 3.8) is 0 Å². The quantitative estimate of drug-likeness (QED) is 0.879. The van der Waals surface area contributed by atoms with Crippen LogP contribution in [0.5, 0.6) is 0 Å². The Morgan fingerprint density at radius 2 is 1.95 bits per heavy atom. The van der Waals surface area contributed by atoms with Crippen molar-refractivity contribution in [3.8, 4) is 0 Å². The number of primary amides is 1. The number of rotatable bonds is 4. The number of carbonyl (C=O) groups excluding carboxylic acids is 3. The summed E-state index contributed by atoms with van der Waals surface area (Å²) in [5.41, 5.74) is 5.36. The summed E-state index contributed by atoms with van der Waals surface area (Å²) in [4.78, 5) is 36.4. The van der Waals surface area contributed by atoms with Crippen molar-refractivity contribution in [1.29, 1.82) is 0 Å². The zero-order valence-corrected chi connectivity index (χ0v) is 12.7. The number of carbonyl (C=O) groups is 3. The van der Waals surface area contributed by atoms with Gasteiger partial charge in [0.15, 0.2) is 5.78 Å². The largest absolute Gasteiger partial charge is 0.366 e. The molecule has 2 N–H and O–H groups in total. The summed E-state index contributed by atoms with van der Waals surface area (Å²) >= 11 is 1.08. The van der Waals surface area contributed by atoms with Crippen LogP contribution < -0.4 is 10.6 Å². The first kappa shape index (κ1) is 15.8. The number of Topliss-reactive ketones (excluding diaryl/α,β-unsaturated/α-hetero) is 1. The second kappa shape index (κ2) is 6.07. The van der Waals surface area contributed by atoms with Crippen LogP contribution in [0.25, 0.3) is 0 Å². The van der Waals surface area contributed by atoms with E-state index in [2.05, 4.69) is 0 Å². The lowest BCUT2D eigenvalue weighted by molar-refractivity contribution is 0.0993. The van der Waals surface area contributed by atoms with Gasteiger partial charge in [-0.2, -0.15) is 0 Å². The van der Waals surface area contributed by atoms with Crippen LogP contribution in [0.2, 0.25) is 0 Å². The Labute approximate surface area is 130 Å². The molecule has 7 heteroatoms. The maximum atomic E-state index is 14.0. The smallest absolute Gasteiger partial charge is 0.268 e. The van der Waals surface area contributed by atoms with Gasteiger partial charge in [-0.05, 0) is 25.1 Å². The van der Waals surface area contributed by atoms with Crippen LogP contribution in [-0.4, -0.2) is 24.6 Å². The number of anilines is 1. The fourth-order valence-corrected chi connectivity index (χ4v) is 2.88. The zero-order valence-electron chi connectivity index (χ0n) is 11.9. The molecule has 0 fully saturated rings. The lowest BCUT2D eigenvalue weighted by Gasteiger charge is -2.19. The second-order valence-electron chi connectivity index (χ2n) is 4.62. The highest BCUT2D eigenvalue weighted by Crippen LogP contribution is 2.26. The molecule has 1 aromatic heterocycles. The number of hydrogen-bond donors (Lipinski definition) is 1. The lowest BCUT2D eigenvalue weighted by atomic mass is 10.1. The van der Waals surface area contributed by atoms with Gasteiger partial charge in [0.2, 0.25) is 0 Å². The van der Waals surface area contributed by atoms with Crippen molar-refractivity contribution in [2.45, 2.75) is 6.92 Å². The Kier molecular flexibility index (Phi) is 4.37. The lowest BCUT2D eigenvalue weighted by Crippen LogP contribution is -2.29. The number of thiophene rings is 1. The summed E-state index contributed by atoms with van der Waals surface area (Å²) in [5.74, 6) is -2.24. The number of hydrogen-bond acceptors (Lipinski definition) is 4. The average molecular weight is 320 g/mol. The zero-order chi connectivity index (χ0) is 16.4. The predicted octanol–water partition coefficient (Wildman–Crippen LogP) is 2.47. The van der Waals surface area contributed by atoms with Gasteiger partial charge in [-0.25, -0.2) is 4.39 Å². The maximum absolute atomic E-state index is 14.0. The first-order valence-electron chi connectivity index (χ1n) is 6.28. The van der Waals surface area contributed by atoms with Crippen molar-refractivity contribution >= 4 is 34.6 Å². The molecule has 5 nitrogen and oxygen atoms in total. The van der Waals surface area contributed by atoms with E-state index in [1.54, 1.807) is 5.38 Å². The Bertz CT molecular complexity index is 770. The fourth-order valence-electron chi connectivity index (χ4n) is 1.95. The standard InChI is InChI=1S/C15H13FN2O3S/c1-8(19)9-6-12(22-7-9)15(21)18(2)13-10(14(17)20)4-3-5-11(13)16/h3-7H,1-2H3,(H2,17,20). The molecule has 1 heterocycles. The Morgan fingerprint density at radius 1 is 1.27 bits per heavy atom. The predicted molar refractivity (Wildman–Crippen MR) is 82.0 cm³/mol. The molecule has 114 valence electrons. The molecule has 0 unspecified atom stereocenters. The van der Waals surface area contributed by atoms with Crippen molar-refractivity contribution in [1.82, 2.24) is 0 Å². The van der Waals surface area contributed by atoms with Gasteiger partial charge < -0.3 is 10.6 Å². The number of halogens is 1. The summed E-state index contributed by atoms with van der Waals surface area (Å²) in [6.45, 7) is 1.39. The van der Waals surface area contributed by atoms with E-state index in [1.165, 1.54) is 32.2 Å². The third kappa shape index (κ3) is 2.89. The molecule has 2 aromatic rings. The number of benzene rings is 1. The molecule has 2 amide bonds. The van der Waals surface area contributed by atoms with E-state index in [4.69, 9.17) is 5.73 Å². The third-order valence-electron chi connectivity index (χ3n) is 3.11. The van der Waals surface area contributed by atoms with Gasteiger partial charge >= 0.3 is 0 Å². The summed E-state index contributed by atoms with van der Waals surface area (Å²) < 4.78 is 14.0. The molecular weight excluding hydrogens is 307 g/mol. The van der Waals surface area contributed by atoms with E-state index >= 15 is 0 Å². The number of para-hydroxylation sites is 1. The first-order chi connectivity index (χ1) is 10.3. The second-order valence-corrected chi connectivity index (χ2v) is 5.53. The highest BCUT2D eigenvalue weighted by Gasteiger charge is 2.23. The molecule has 1 aromatic carbocycles. The van der Waals surface area contributed by atoms with Gasteiger partial charge in [-0.1, -0.05) is 6.07 Å². The van der Waals surface area contributed by atoms with E-state index < -0.39 is 17.6 Å². The molecule has 0 aliphatic heterocycles. The molecule has 0 bridgehead atoms. The third-order valence-corrected chi connectivity index (χ3v) is 4.03. The van der Waals surface area contributed by atoms with Crippen LogP contribution in [0.3, 0.4) is 0 Å². The van der Waals surface area contributed by atoms with E-state index in [-0.39, 0.29) is 21.9 Å². The molecule has 0 aliphatic carbocycles. The Balaban J connectivity index is 2.43. The summed E-state index contributed by atoms with van der Waals surface area (Å²) in [5, 5.41) is 1.56. The van der Waals surface area contributed by atoms with Gasteiger partial charge in [-0.3, -0.25) is 14.4 Å². The summed E-state index contributed by atoms with van der Waals surface area (Å²) in [7, 11) is 1.35. The molecule has 0 saturated heterocycles. The van der Waals surface area contributed by atoms with Gasteiger partial charge in [0.1, 0.15) is 5.82 Å². The normalized spacial score (nSPS) is 10.3. The van der Waals surface area contributed by atoms with Crippen molar-refractivity contribution in [2.75, 3.05) is 11.9 Å². The Morgan fingerprint density at radius 3 is 2.50 bits per heavy atom. The molecule has 0 spiro atoms. The van der Waals surface area contributed by atoms with Gasteiger partial charge in [0, 0.05) is 18.0 Å². The van der Waals surface area contributed by atoms with Crippen molar-refractivity contribution in [2.24, 2.45) is 5.73 Å². The maximum Gasteiger partial charge on any atom is 0.268 e. The first-order valence-corrected chi connectivity index (χ1v) is 7.16. The summed E-state index contributed by atoms with van der Waals surface area (Å²) in [6, 6.07) is 5.27. The molecule has 0 saturated carbocycles. The van der Waals surface area contributed by atoms with Gasteiger partial charge in [0.05, 0.1) is 16.1 Å². The van der Waals surface area contributed by atoms with E-state index in [0.29, 0.717) is 5.56 Å². The fraction of sp³-hybridized carbons (Fsp3) is 0.133. The van der Waals surface area contributed by atoms with Crippen LogP contribution in [-0.2, 0) is 0 Å². The van der Waals surface area contributed by atoms with Crippen LogP contribution in [0.4, 0.5) is 10.1 Å². The monoisotopic (exact) mass is 320 g/mol. The number of ketones is 1. The topological polar surface area (TPSA) is 80.5 Å². The number of amides is 2. The van der Waals surface area contributed by atoms with E-state index in [9.17, 15) is 18.8 Å². The molecule has 22 heavy (non-hydrogen) atoms. The highest BCUT2D eigenvalue weighted by atomic mass is 32.1. The van der Waals surface area contributed by atoms with E-state index in [0.717, 1.165) is 22.3 Å². The molecule has 2 rings (SSSR count). The van der Waals surface area contributed by atoms with Gasteiger partial charge in [0.25, 0.3) is 11.8 Å². The average Bonchev–Trinajstić information content (AvgIpc) is 2.95. The van der Waals surface area contributed by atoms with Crippen LogP contribution in [0, 0.1) is 5.82 Å². The van der Waals surface area contributed by atoms with Crippen LogP contribution in [0.1, 0.15) is 37.3 Å². The summed E-state index contributed by atoms with van der Waals surface area (Å²) in [6.07, 6.45) is 0. The molecule has 0 atom stereocenters. The minimum Gasteiger partial charge on any atom is -0.366 e. The SMILES string of the molecule is CC(=O)c1csc(C(=O)N(C)c2c(F)cccc2C(N)=O)c1. The van der Waals surface area contributed by atoms with Crippen LogP contribution in [0.15, 0.2) is 29.6 Å². The van der Waals surface area contributed by atoms with Crippen molar-refractivity contribution in [3.05, 3.63) is 51.5 Å². The number of nitrogens with two attached hydrogens (primary N) is 1. The minimum absolute atomic E-state index is 0.0841. The van der Waals surface area contributed by atoms with Crippen LogP contribution >= 0.6 is 11.3 Å².